The highest BCUT2D eigenvalue weighted by atomic mass is 16.5. The van der Waals surface area contributed by atoms with E-state index in [-0.39, 0.29) is 6.10 Å². The van der Waals surface area contributed by atoms with E-state index in [9.17, 15) is 0 Å². The maximum absolute atomic E-state index is 5.19. The van der Waals surface area contributed by atoms with Crippen LogP contribution in [0.4, 0.5) is 0 Å². The van der Waals surface area contributed by atoms with Crippen molar-refractivity contribution in [3.63, 3.8) is 0 Å². The van der Waals surface area contributed by atoms with Crippen molar-refractivity contribution in [2.24, 2.45) is 0 Å². The van der Waals surface area contributed by atoms with Crippen molar-refractivity contribution >= 4 is 0 Å². The zero-order valence-electron chi connectivity index (χ0n) is 6.09. The fourth-order valence-corrected chi connectivity index (χ4v) is 0.385. The Hall–Kier alpha value is -0.340. The molecular formula is C7H14O2. The van der Waals surface area contributed by atoms with E-state index in [1.165, 1.54) is 0 Å². The van der Waals surface area contributed by atoms with Gasteiger partial charge in [-0.05, 0) is 6.92 Å². The first kappa shape index (κ1) is 8.66. The molecule has 1 atom stereocenters. The topological polar surface area (TPSA) is 18.5 Å². The highest BCUT2D eigenvalue weighted by Crippen LogP contribution is 1.89. The van der Waals surface area contributed by atoms with Crippen molar-refractivity contribution in [3.8, 4) is 0 Å². The number of hydrogen-bond acceptors (Lipinski definition) is 2. The minimum absolute atomic E-state index is 0.139. The van der Waals surface area contributed by atoms with E-state index < -0.39 is 0 Å². The van der Waals surface area contributed by atoms with Crippen LogP contribution in [0.3, 0.4) is 0 Å². The Balaban J connectivity index is 2.96. The Labute approximate surface area is 56.5 Å². The molecule has 1 unspecified atom stereocenters. The largest absolute Gasteiger partial charge is 0.382 e. The average molecular weight is 130 g/mol. The molecule has 0 aromatic carbocycles. The second kappa shape index (κ2) is 5.79. The van der Waals surface area contributed by atoms with Crippen LogP contribution in [0.1, 0.15) is 6.92 Å². The van der Waals surface area contributed by atoms with Crippen LogP contribution >= 0.6 is 0 Å². The van der Waals surface area contributed by atoms with Gasteiger partial charge in [-0.3, -0.25) is 0 Å². The fourth-order valence-electron chi connectivity index (χ4n) is 0.385. The molecule has 0 aromatic heterocycles. The van der Waals surface area contributed by atoms with Crippen molar-refractivity contribution in [1.29, 1.82) is 0 Å². The lowest BCUT2D eigenvalue weighted by Gasteiger charge is -2.06. The summed E-state index contributed by atoms with van der Waals surface area (Å²) in [5.74, 6) is 0. The monoisotopic (exact) mass is 130 g/mol. The zero-order valence-corrected chi connectivity index (χ0v) is 6.09. The maximum Gasteiger partial charge on any atom is 0.0726 e. The summed E-state index contributed by atoms with van der Waals surface area (Å²) in [5, 5.41) is 0. The number of methoxy groups -OCH3 is 1. The molecule has 0 radical (unpaired) electrons. The van der Waals surface area contributed by atoms with Gasteiger partial charge in [0.1, 0.15) is 0 Å². The molecule has 9 heavy (non-hydrogen) atoms. The van der Waals surface area contributed by atoms with Gasteiger partial charge in [0.15, 0.2) is 0 Å². The van der Waals surface area contributed by atoms with Crippen LogP contribution in [-0.2, 0) is 9.47 Å². The number of ether oxygens (including phenoxy) is 2. The Bertz CT molecular complexity index is 71.3. The van der Waals surface area contributed by atoms with Crippen LogP contribution in [-0.4, -0.2) is 26.4 Å². The standard InChI is InChI=1S/C7H14O2/c1-4-7(2)9-6-5-8-3/h4,7H,1,5-6H2,2-3H3. The summed E-state index contributed by atoms with van der Waals surface area (Å²) in [7, 11) is 1.65. The van der Waals surface area contributed by atoms with Crippen LogP contribution in [0.25, 0.3) is 0 Å². The number of hydrogen-bond donors (Lipinski definition) is 0. The highest BCUT2D eigenvalue weighted by Gasteiger charge is 1.92. The molecule has 2 nitrogen and oxygen atoms in total. The molecule has 0 saturated heterocycles. The van der Waals surface area contributed by atoms with Gasteiger partial charge in [0, 0.05) is 7.11 Å². The molecular weight excluding hydrogens is 116 g/mol. The van der Waals surface area contributed by atoms with Gasteiger partial charge < -0.3 is 9.47 Å². The van der Waals surface area contributed by atoms with E-state index in [1.807, 2.05) is 6.92 Å². The SMILES string of the molecule is C=CC(C)OCCOC. The van der Waals surface area contributed by atoms with Crippen molar-refractivity contribution in [2.75, 3.05) is 20.3 Å². The summed E-state index contributed by atoms with van der Waals surface area (Å²) < 4.78 is 9.97. The summed E-state index contributed by atoms with van der Waals surface area (Å²) in [6.45, 7) is 6.81. The first-order chi connectivity index (χ1) is 4.31. The quantitative estimate of drug-likeness (QED) is 0.411. The third kappa shape index (κ3) is 5.53. The Morgan fingerprint density at radius 2 is 2.22 bits per heavy atom. The third-order valence-electron chi connectivity index (χ3n) is 1.00. The molecule has 0 saturated carbocycles. The zero-order chi connectivity index (χ0) is 7.11. The van der Waals surface area contributed by atoms with Gasteiger partial charge in [-0.25, -0.2) is 0 Å². The average Bonchev–Trinajstić information content (AvgIpc) is 1.89. The molecule has 0 N–H and O–H groups in total. The minimum Gasteiger partial charge on any atom is -0.382 e. The summed E-state index contributed by atoms with van der Waals surface area (Å²) in [6.07, 6.45) is 1.90. The molecule has 54 valence electrons. The second-order valence-corrected chi connectivity index (χ2v) is 1.80. The lowest BCUT2D eigenvalue weighted by atomic mass is 10.4. The normalized spacial score (nSPS) is 13.1. The number of rotatable bonds is 5. The van der Waals surface area contributed by atoms with E-state index in [0.29, 0.717) is 13.2 Å². The molecule has 0 bridgehead atoms. The van der Waals surface area contributed by atoms with E-state index in [4.69, 9.17) is 9.47 Å². The van der Waals surface area contributed by atoms with Gasteiger partial charge in [-0.2, -0.15) is 0 Å². The Morgan fingerprint density at radius 1 is 1.56 bits per heavy atom. The predicted molar refractivity (Wildman–Crippen MR) is 37.5 cm³/mol. The molecule has 0 amide bonds. The first-order valence-corrected chi connectivity index (χ1v) is 3.04. The van der Waals surface area contributed by atoms with Gasteiger partial charge in [-0.1, -0.05) is 6.08 Å². The van der Waals surface area contributed by atoms with Crippen molar-refractivity contribution in [1.82, 2.24) is 0 Å². The van der Waals surface area contributed by atoms with Gasteiger partial charge in [0.25, 0.3) is 0 Å². The fraction of sp³-hybridized carbons (Fsp3) is 0.714. The smallest absolute Gasteiger partial charge is 0.0726 e. The van der Waals surface area contributed by atoms with Crippen LogP contribution in [0, 0.1) is 0 Å². The molecule has 0 heterocycles. The Kier molecular flexibility index (Phi) is 5.57. The van der Waals surface area contributed by atoms with Gasteiger partial charge in [0.05, 0.1) is 19.3 Å². The maximum atomic E-state index is 5.19. The van der Waals surface area contributed by atoms with Crippen molar-refractivity contribution in [2.45, 2.75) is 13.0 Å². The van der Waals surface area contributed by atoms with Crippen molar-refractivity contribution in [3.05, 3.63) is 12.7 Å². The molecule has 0 aromatic rings. The second-order valence-electron chi connectivity index (χ2n) is 1.80. The summed E-state index contributed by atoms with van der Waals surface area (Å²) in [6, 6.07) is 0. The third-order valence-corrected chi connectivity index (χ3v) is 1.00. The van der Waals surface area contributed by atoms with E-state index in [0.717, 1.165) is 0 Å². The summed E-state index contributed by atoms with van der Waals surface area (Å²) in [4.78, 5) is 0. The lowest BCUT2D eigenvalue weighted by molar-refractivity contribution is 0.0476. The van der Waals surface area contributed by atoms with E-state index in [1.54, 1.807) is 13.2 Å². The van der Waals surface area contributed by atoms with Crippen LogP contribution in [0.5, 0.6) is 0 Å². The van der Waals surface area contributed by atoms with Gasteiger partial charge >= 0.3 is 0 Å². The van der Waals surface area contributed by atoms with Crippen LogP contribution in [0.2, 0.25) is 0 Å². The van der Waals surface area contributed by atoms with E-state index >= 15 is 0 Å². The molecule has 0 aliphatic heterocycles. The van der Waals surface area contributed by atoms with E-state index in [2.05, 4.69) is 6.58 Å². The molecule has 0 spiro atoms. The molecule has 2 heteroatoms. The first-order valence-electron chi connectivity index (χ1n) is 3.04. The Morgan fingerprint density at radius 3 is 2.67 bits per heavy atom. The van der Waals surface area contributed by atoms with Gasteiger partial charge in [-0.15, -0.1) is 6.58 Å². The van der Waals surface area contributed by atoms with Crippen LogP contribution < -0.4 is 0 Å². The molecule has 0 aliphatic carbocycles. The predicted octanol–water partition coefficient (Wildman–Crippen LogP) is 1.22. The van der Waals surface area contributed by atoms with Gasteiger partial charge in [0.2, 0.25) is 0 Å². The lowest BCUT2D eigenvalue weighted by Crippen LogP contribution is -2.08. The highest BCUT2D eigenvalue weighted by molar-refractivity contribution is 4.74. The molecule has 0 fully saturated rings. The molecule has 0 rings (SSSR count). The summed E-state index contributed by atoms with van der Waals surface area (Å²) in [5.41, 5.74) is 0. The van der Waals surface area contributed by atoms with Crippen LogP contribution in [0.15, 0.2) is 12.7 Å². The summed E-state index contributed by atoms with van der Waals surface area (Å²) >= 11 is 0. The minimum atomic E-state index is 0.139. The molecule has 0 aliphatic rings. The van der Waals surface area contributed by atoms with Crippen molar-refractivity contribution < 1.29 is 9.47 Å².